The zero-order valence-electron chi connectivity index (χ0n) is 11.1. The van der Waals surface area contributed by atoms with Crippen LogP contribution in [0.15, 0.2) is 30.5 Å². The number of rotatable bonds is 2. The summed E-state index contributed by atoms with van der Waals surface area (Å²) >= 11 is 0. The Bertz CT molecular complexity index is 569. The van der Waals surface area contributed by atoms with Crippen molar-refractivity contribution >= 4 is 22.7 Å². The minimum Gasteiger partial charge on any atom is -0.463 e. The summed E-state index contributed by atoms with van der Waals surface area (Å²) < 4.78 is 6.24. The molecule has 4 heteroatoms. The van der Waals surface area contributed by atoms with Gasteiger partial charge in [-0.25, -0.2) is 4.79 Å². The first kappa shape index (κ1) is 14.0. The molecule has 0 N–H and O–H groups in total. The number of benzene rings is 1. The molecule has 0 radical (unpaired) electrons. The van der Waals surface area contributed by atoms with Gasteiger partial charge >= 0.3 is 5.97 Å². The number of carbonyl (C=O) groups is 2. The van der Waals surface area contributed by atoms with Gasteiger partial charge in [-0.1, -0.05) is 32.0 Å². The Labute approximate surface area is 106 Å². The molecular weight excluding hydrogens is 230 g/mol. The summed E-state index contributed by atoms with van der Waals surface area (Å²) in [7, 11) is 3.03. The lowest BCUT2D eigenvalue weighted by atomic mass is 10.1. The molecule has 1 aromatic heterocycles. The fourth-order valence-corrected chi connectivity index (χ4v) is 1.73. The lowest BCUT2D eigenvalue weighted by molar-refractivity contribution is -0.135. The van der Waals surface area contributed by atoms with Gasteiger partial charge in [0.15, 0.2) is 0 Å². The minimum atomic E-state index is -0.837. The number of ketones is 1. The van der Waals surface area contributed by atoms with Crippen LogP contribution in [0.4, 0.5) is 0 Å². The molecule has 4 nitrogen and oxygen atoms in total. The van der Waals surface area contributed by atoms with E-state index in [4.69, 9.17) is 0 Å². The number of para-hydroxylation sites is 1. The van der Waals surface area contributed by atoms with E-state index in [0.29, 0.717) is 5.56 Å². The van der Waals surface area contributed by atoms with Crippen LogP contribution in [0.25, 0.3) is 10.9 Å². The lowest BCUT2D eigenvalue weighted by Gasteiger charge is -1.96. The molecular formula is C14H17NO3. The summed E-state index contributed by atoms with van der Waals surface area (Å²) in [4.78, 5) is 22.9. The second kappa shape index (κ2) is 6.00. The van der Waals surface area contributed by atoms with Crippen molar-refractivity contribution in [3.05, 3.63) is 36.0 Å². The van der Waals surface area contributed by atoms with Gasteiger partial charge in [0, 0.05) is 24.1 Å². The van der Waals surface area contributed by atoms with Gasteiger partial charge in [0.1, 0.15) is 0 Å². The third-order valence-corrected chi connectivity index (χ3v) is 2.51. The van der Waals surface area contributed by atoms with E-state index < -0.39 is 11.8 Å². The fraction of sp³-hybridized carbons (Fsp3) is 0.286. The molecule has 0 aliphatic rings. The van der Waals surface area contributed by atoms with Crippen LogP contribution in [0.1, 0.15) is 24.2 Å². The molecule has 0 fully saturated rings. The lowest BCUT2D eigenvalue weighted by Crippen LogP contribution is -2.15. The maximum atomic E-state index is 11.7. The minimum absolute atomic E-state index is 0.380. The third kappa shape index (κ3) is 2.42. The number of Topliss-reactive ketones (excluding diaryl/α,β-unsaturated/α-hetero) is 1. The Morgan fingerprint density at radius 3 is 2.39 bits per heavy atom. The highest BCUT2D eigenvalue weighted by atomic mass is 16.5. The van der Waals surface area contributed by atoms with Crippen molar-refractivity contribution in [3.63, 3.8) is 0 Å². The van der Waals surface area contributed by atoms with Crippen molar-refractivity contribution in [2.45, 2.75) is 13.8 Å². The predicted molar refractivity (Wildman–Crippen MR) is 70.6 cm³/mol. The molecule has 18 heavy (non-hydrogen) atoms. The first-order valence-electron chi connectivity index (χ1n) is 5.82. The highest BCUT2D eigenvalue weighted by molar-refractivity contribution is 6.42. The SMILES string of the molecule is CC.COC(=O)C(=O)c1cn(C)c2ccccc12. The van der Waals surface area contributed by atoms with Gasteiger partial charge in [-0.2, -0.15) is 0 Å². The first-order valence-corrected chi connectivity index (χ1v) is 5.82. The summed E-state index contributed by atoms with van der Waals surface area (Å²) in [6.45, 7) is 4.00. The van der Waals surface area contributed by atoms with Gasteiger partial charge in [-0.15, -0.1) is 0 Å². The van der Waals surface area contributed by atoms with E-state index in [1.807, 2.05) is 49.7 Å². The summed E-state index contributed by atoms with van der Waals surface area (Å²) in [5.74, 6) is -1.45. The van der Waals surface area contributed by atoms with Gasteiger partial charge in [0.05, 0.1) is 12.7 Å². The van der Waals surface area contributed by atoms with Crippen molar-refractivity contribution in [2.24, 2.45) is 7.05 Å². The molecule has 96 valence electrons. The number of ether oxygens (including phenoxy) is 1. The zero-order valence-corrected chi connectivity index (χ0v) is 11.1. The standard InChI is InChI=1S/C12H11NO3.C2H6/c1-13-7-9(11(14)12(15)16-2)8-5-3-4-6-10(8)13;1-2/h3-7H,1-2H3;1-2H3. The van der Waals surface area contributed by atoms with Crippen LogP contribution >= 0.6 is 0 Å². The molecule has 0 aliphatic heterocycles. The van der Waals surface area contributed by atoms with E-state index in [2.05, 4.69) is 4.74 Å². The highest BCUT2D eigenvalue weighted by Crippen LogP contribution is 2.20. The topological polar surface area (TPSA) is 48.3 Å². The van der Waals surface area contributed by atoms with Gasteiger partial charge in [0.2, 0.25) is 0 Å². The number of aromatic nitrogens is 1. The molecule has 1 heterocycles. The normalized spacial score (nSPS) is 9.56. The third-order valence-electron chi connectivity index (χ3n) is 2.51. The molecule has 2 rings (SSSR count). The summed E-state index contributed by atoms with van der Waals surface area (Å²) in [6.07, 6.45) is 1.64. The van der Waals surface area contributed by atoms with E-state index in [9.17, 15) is 9.59 Å². The van der Waals surface area contributed by atoms with Crippen molar-refractivity contribution in [3.8, 4) is 0 Å². The Balaban J connectivity index is 0.000000771. The Kier molecular flexibility index (Phi) is 4.66. The second-order valence-corrected chi connectivity index (χ2v) is 3.49. The Morgan fingerprint density at radius 1 is 1.17 bits per heavy atom. The molecule has 0 unspecified atom stereocenters. The molecule has 1 aromatic carbocycles. The monoisotopic (exact) mass is 247 g/mol. The number of methoxy groups -OCH3 is 1. The summed E-state index contributed by atoms with van der Waals surface area (Å²) in [5, 5.41) is 0.764. The molecule has 0 saturated carbocycles. The predicted octanol–water partition coefficient (Wildman–Crippen LogP) is 2.56. The average molecular weight is 247 g/mol. The molecule has 0 atom stereocenters. The molecule has 0 amide bonds. The van der Waals surface area contributed by atoms with Crippen molar-refractivity contribution in [2.75, 3.05) is 7.11 Å². The quantitative estimate of drug-likeness (QED) is 0.465. The first-order chi connectivity index (χ1) is 8.65. The van der Waals surface area contributed by atoms with Crippen LogP contribution < -0.4 is 0 Å². The zero-order chi connectivity index (χ0) is 13.7. The van der Waals surface area contributed by atoms with E-state index >= 15 is 0 Å². The molecule has 0 spiro atoms. The average Bonchev–Trinajstić information content (AvgIpc) is 2.77. The largest absolute Gasteiger partial charge is 0.463 e. The van der Waals surface area contributed by atoms with Crippen LogP contribution in [-0.2, 0) is 16.6 Å². The number of nitrogens with zero attached hydrogens (tertiary/aromatic N) is 1. The smallest absolute Gasteiger partial charge is 0.379 e. The van der Waals surface area contributed by atoms with Crippen LogP contribution in [0.3, 0.4) is 0 Å². The van der Waals surface area contributed by atoms with Crippen molar-refractivity contribution in [1.29, 1.82) is 0 Å². The van der Waals surface area contributed by atoms with Gasteiger partial charge in [0.25, 0.3) is 5.78 Å². The maximum Gasteiger partial charge on any atom is 0.379 e. The fourth-order valence-electron chi connectivity index (χ4n) is 1.73. The molecule has 2 aromatic rings. The summed E-state index contributed by atoms with van der Waals surface area (Å²) in [5.41, 5.74) is 1.29. The second-order valence-electron chi connectivity index (χ2n) is 3.49. The van der Waals surface area contributed by atoms with Crippen LogP contribution in [-0.4, -0.2) is 23.4 Å². The number of hydrogen-bond acceptors (Lipinski definition) is 3. The van der Waals surface area contributed by atoms with E-state index in [1.54, 1.807) is 6.20 Å². The summed E-state index contributed by atoms with van der Waals surface area (Å²) in [6, 6.07) is 7.42. The Hall–Kier alpha value is -2.10. The van der Waals surface area contributed by atoms with Crippen LogP contribution in [0.2, 0.25) is 0 Å². The number of esters is 1. The van der Waals surface area contributed by atoms with Gasteiger partial charge < -0.3 is 9.30 Å². The van der Waals surface area contributed by atoms with Gasteiger partial charge in [-0.05, 0) is 6.07 Å². The number of hydrogen-bond donors (Lipinski definition) is 0. The number of aryl methyl sites for hydroxylation is 1. The van der Waals surface area contributed by atoms with E-state index in [0.717, 1.165) is 10.9 Å². The molecule has 0 aliphatic carbocycles. The number of fused-ring (bicyclic) bond motifs is 1. The molecule has 0 bridgehead atoms. The van der Waals surface area contributed by atoms with E-state index in [-0.39, 0.29) is 0 Å². The van der Waals surface area contributed by atoms with Crippen molar-refractivity contribution in [1.82, 2.24) is 4.57 Å². The highest BCUT2D eigenvalue weighted by Gasteiger charge is 2.20. The molecule has 0 saturated heterocycles. The van der Waals surface area contributed by atoms with Crippen LogP contribution in [0.5, 0.6) is 0 Å². The number of carbonyl (C=O) groups excluding carboxylic acids is 2. The Morgan fingerprint density at radius 2 is 1.78 bits per heavy atom. The van der Waals surface area contributed by atoms with E-state index in [1.165, 1.54) is 7.11 Å². The van der Waals surface area contributed by atoms with Crippen molar-refractivity contribution < 1.29 is 14.3 Å². The van der Waals surface area contributed by atoms with Crippen LogP contribution in [0, 0.1) is 0 Å². The maximum absolute atomic E-state index is 11.7. The van der Waals surface area contributed by atoms with Gasteiger partial charge in [-0.3, -0.25) is 4.79 Å².